The van der Waals surface area contributed by atoms with E-state index in [0.29, 0.717) is 18.2 Å². The molecule has 2 aromatic rings. The van der Waals surface area contributed by atoms with Crippen LogP contribution in [0.5, 0.6) is 0 Å². The summed E-state index contributed by atoms with van der Waals surface area (Å²) in [6, 6.07) is 15.3. The molecule has 0 heterocycles. The van der Waals surface area contributed by atoms with E-state index < -0.39 is 0 Å². The summed E-state index contributed by atoms with van der Waals surface area (Å²) in [6.45, 7) is 0.843. The molecule has 0 aliphatic rings. The zero-order chi connectivity index (χ0) is 15.1. The van der Waals surface area contributed by atoms with E-state index >= 15 is 0 Å². The third-order valence-electron chi connectivity index (χ3n) is 2.84. The number of carbonyl (C=O) groups is 1. The molecule has 110 valence electrons. The van der Waals surface area contributed by atoms with Gasteiger partial charge in [0, 0.05) is 16.0 Å². The molecule has 0 atom stereocenters. The predicted molar refractivity (Wildman–Crippen MR) is 87.1 cm³/mol. The van der Waals surface area contributed by atoms with Crippen molar-refractivity contribution in [2.45, 2.75) is 13.2 Å². The molecule has 0 spiro atoms. The van der Waals surface area contributed by atoms with Crippen LogP contribution in [0.3, 0.4) is 0 Å². The van der Waals surface area contributed by atoms with Crippen LogP contribution in [0.15, 0.2) is 53.0 Å². The smallest absolute Gasteiger partial charge is 0.246 e. The van der Waals surface area contributed by atoms with E-state index in [2.05, 4.69) is 21.2 Å². The average Bonchev–Trinajstić information content (AvgIpc) is 2.47. The molecule has 5 heteroatoms. The van der Waals surface area contributed by atoms with Gasteiger partial charge in [-0.3, -0.25) is 4.79 Å². The Balaban J connectivity index is 1.72. The first kappa shape index (κ1) is 16.0. The topological polar surface area (TPSA) is 38.3 Å². The molecule has 0 aliphatic heterocycles. The Hall–Kier alpha value is -1.36. The van der Waals surface area contributed by atoms with Gasteiger partial charge in [0.25, 0.3) is 0 Å². The van der Waals surface area contributed by atoms with Crippen molar-refractivity contribution in [3.63, 3.8) is 0 Å². The van der Waals surface area contributed by atoms with E-state index in [4.69, 9.17) is 16.3 Å². The number of rotatable bonds is 6. The summed E-state index contributed by atoms with van der Waals surface area (Å²) in [5.41, 5.74) is 1.91. The van der Waals surface area contributed by atoms with E-state index in [1.165, 1.54) is 0 Å². The number of hydrogen-bond acceptors (Lipinski definition) is 2. The highest BCUT2D eigenvalue weighted by Gasteiger charge is 2.05. The van der Waals surface area contributed by atoms with Crippen molar-refractivity contribution in [3.8, 4) is 0 Å². The summed E-state index contributed by atoms with van der Waals surface area (Å²) in [4.78, 5) is 11.7. The van der Waals surface area contributed by atoms with Gasteiger partial charge in [-0.25, -0.2) is 0 Å². The molecule has 2 aromatic carbocycles. The van der Waals surface area contributed by atoms with E-state index in [0.717, 1.165) is 15.6 Å². The summed E-state index contributed by atoms with van der Waals surface area (Å²) < 4.78 is 6.28. The Bertz CT molecular complexity index is 604. The van der Waals surface area contributed by atoms with Crippen LogP contribution < -0.4 is 5.32 Å². The van der Waals surface area contributed by atoms with E-state index in [-0.39, 0.29) is 12.5 Å². The molecule has 21 heavy (non-hydrogen) atoms. The zero-order valence-electron chi connectivity index (χ0n) is 11.3. The number of halogens is 2. The third kappa shape index (κ3) is 5.50. The van der Waals surface area contributed by atoms with Gasteiger partial charge in [-0.2, -0.15) is 0 Å². The first-order valence-electron chi connectivity index (χ1n) is 6.47. The Morgan fingerprint density at radius 1 is 1.19 bits per heavy atom. The second-order valence-corrected chi connectivity index (χ2v) is 5.81. The van der Waals surface area contributed by atoms with Crippen LogP contribution in [0.4, 0.5) is 0 Å². The molecule has 1 amide bonds. The first-order valence-corrected chi connectivity index (χ1v) is 7.64. The summed E-state index contributed by atoms with van der Waals surface area (Å²) >= 11 is 9.43. The minimum absolute atomic E-state index is 0.0308. The zero-order valence-corrected chi connectivity index (χ0v) is 13.7. The SMILES string of the molecule is O=C(COCc1ccccc1)NCc1ccc(Br)cc1Cl. The van der Waals surface area contributed by atoms with Gasteiger partial charge in [0.15, 0.2) is 0 Å². The Morgan fingerprint density at radius 3 is 2.67 bits per heavy atom. The van der Waals surface area contributed by atoms with Crippen molar-refractivity contribution in [3.05, 3.63) is 69.2 Å². The summed E-state index contributed by atoms with van der Waals surface area (Å²) in [7, 11) is 0. The van der Waals surface area contributed by atoms with Gasteiger partial charge in [-0.1, -0.05) is 63.9 Å². The fourth-order valence-electron chi connectivity index (χ4n) is 1.75. The van der Waals surface area contributed by atoms with Crippen molar-refractivity contribution in [1.29, 1.82) is 0 Å². The molecular weight excluding hydrogens is 354 g/mol. The van der Waals surface area contributed by atoms with Gasteiger partial charge in [-0.05, 0) is 23.3 Å². The lowest BCUT2D eigenvalue weighted by Gasteiger charge is -2.08. The molecule has 0 saturated heterocycles. The van der Waals surface area contributed by atoms with Crippen molar-refractivity contribution in [2.24, 2.45) is 0 Å². The molecule has 3 nitrogen and oxygen atoms in total. The number of hydrogen-bond donors (Lipinski definition) is 1. The van der Waals surface area contributed by atoms with E-state index in [9.17, 15) is 4.79 Å². The van der Waals surface area contributed by atoms with Gasteiger partial charge in [0.1, 0.15) is 6.61 Å². The van der Waals surface area contributed by atoms with Crippen LogP contribution in [0.2, 0.25) is 5.02 Å². The Kier molecular flexibility index (Phi) is 6.23. The molecule has 0 radical (unpaired) electrons. The summed E-state index contributed by atoms with van der Waals surface area (Å²) in [5.74, 6) is -0.162. The minimum atomic E-state index is -0.162. The number of benzene rings is 2. The highest BCUT2D eigenvalue weighted by atomic mass is 79.9. The van der Waals surface area contributed by atoms with Crippen LogP contribution in [0, 0.1) is 0 Å². The highest BCUT2D eigenvalue weighted by molar-refractivity contribution is 9.10. The molecular formula is C16H15BrClNO2. The van der Waals surface area contributed by atoms with E-state index in [1.807, 2.05) is 42.5 Å². The monoisotopic (exact) mass is 367 g/mol. The molecule has 1 N–H and O–H groups in total. The van der Waals surface area contributed by atoms with Crippen molar-refractivity contribution < 1.29 is 9.53 Å². The normalized spacial score (nSPS) is 10.4. The number of amides is 1. The molecule has 0 aromatic heterocycles. The quantitative estimate of drug-likeness (QED) is 0.839. The van der Waals surface area contributed by atoms with Crippen molar-refractivity contribution in [2.75, 3.05) is 6.61 Å². The fourth-order valence-corrected chi connectivity index (χ4v) is 2.49. The van der Waals surface area contributed by atoms with Crippen LogP contribution >= 0.6 is 27.5 Å². The van der Waals surface area contributed by atoms with Crippen molar-refractivity contribution in [1.82, 2.24) is 5.32 Å². The molecule has 0 saturated carbocycles. The lowest BCUT2D eigenvalue weighted by molar-refractivity contribution is -0.126. The maximum Gasteiger partial charge on any atom is 0.246 e. The molecule has 0 unspecified atom stereocenters. The second kappa shape index (κ2) is 8.17. The molecule has 0 aliphatic carbocycles. The standard InChI is InChI=1S/C16H15BrClNO2/c17-14-7-6-13(15(18)8-14)9-19-16(20)11-21-10-12-4-2-1-3-5-12/h1-8H,9-11H2,(H,19,20). The summed E-state index contributed by atoms with van der Waals surface area (Å²) in [6.07, 6.45) is 0. The molecule has 0 bridgehead atoms. The number of ether oxygens (including phenoxy) is 1. The lowest BCUT2D eigenvalue weighted by atomic mass is 10.2. The highest BCUT2D eigenvalue weighted by Crippen LogP contribution is 2.21. The van der Waals surface area contributed by atoms with Gasteiger partial charge in [-0.15, -0.1) is 0 Å². The largest absolute Gasteiger partial charge is 0.367 e. The van der Waals surface area contributed by atoms with Gasteiger partial charge in [0.2, 0.25) is 5.91 Å². The Labute approximate surface area is 137 Å². The molecule has 0 fully saturated rings. The summed E-state index contributed by atoms with van der Waals surface area (Å²) in [5, 5.41) is 3.40. The van der Waals surface area contributed by atoms with Crippen LogP contribution in [0.25, 0.3) is 0 Å². The third-order valence-corrected chi connectivity index (χ3v) is 3.68. The van der Waals surface area contributed by atoms with Crippen LogP contribution in [-0.2, 0) is 22.7 Å². The van der Waals surface area contributed by atoms with Gasteiger partial charge >= 0.3 is 0 Å². The fraction of sp³-hybridized carbons (Fsp3) is 0.188. The number of nitrogens with one attached hydrogen (secondary N) is 1. The number of carbonyl (C=O) groups excluding carboxylic acids is 1. The van der Waals surface area contributed by atoms with Gasteiger partial charge < -0.3 is 10.1 Å². The van der Waals surface area contributed by atoms with Crippen LogP contribution in [-0.4, -0.2) is 12.5 Å². The van der Waals surface area contributed by atoms with Crippen LogP contribution in [0.1, 0.15) is 11.1 Å². The lowest BCUT2D eigenvalue weighted by Crippen LogP contribution is -2.27. The predicted octanol–water partition coefficient (Wildman–Crippen LogP) is 3.94. The maximum atomic E-state index is 11.7. The Morgan fingerprint density at radius 2 is 1.95 bits per heavy atom. The second-order valence-electron chi connectivity index (χ2n) is 4.49. The average molecular weight is 369 g/mol. The first-order chi connectivity index (χ1) is 10.1. The molecule has 2 rings (SSSR count). The maximum absolute atomic E-state index is 11.7. The minimum Gasteiger partial charge on any atom is -0.367 e. The van der Waals surface area contributed by atoms with Crippen molar-refractivity contribution >= 4 is 33.4 Å². The van der Waals surface area contributed by atoms with E-state index in [1.54, 1.807) is 6.07 Å². The van der Waals surface area contributed by atoms with Gasteiger partial charge in [0.05, 0.1) is 6.61 Å².